The van der Waals surface area contributed by atoms with Gasteiger partial charge >= 0.3 is 5.97 Å². The topological polar surface area (TPSA) is 55.6 Å². The molecule has 0 atom stereocenters. The fourth-order valence-corrected chi connectivity index (χ4v) is 2.28. The molecule has 22 heavy (non-hydrogen) atoms. The third-order valence-corrected chi connectivity index (χ3v) is 3.29. The Kier molecular flexibility index (Phi) is 5.98. The molecule has 0 fully saturated rings. The summed E-state index contributed by atoms with van der Waals surface area (Å²) in [6.45, 7) is 3.87. The normalized spacial score (nSPS) is 10.6. The summed E-state index contributed by atoms with van der Waals surface area (Å²) >= 11 is 0. The summed E-state index contributed by atoms with van der Waals surface area (Å²) in [6, 6.07) is 17.8. The molecular formula is C18H22N2O2. The van der Waals surface area contributed by atoms with E-state index in [0.717, 1.165) is 11.3 Å². The Hall–Kier alpha value is -2.33. The Bertz CT molecular complexity index is 582. The number of ether oxygens (including phenoxy) is 1. The van der Waals surface area contributed by atoms with Gasteiger partial charge in [-0.3, -0.25) is 9.69 Å². The molecule has 4 heteroatoms. The van der Waals surface area contributed by atoms with Crippen LogP contribution in [0.25, 0.3) is 0 Å². The summed E-state index contributed by atoms with van der Waals surface area (Å²) in [5, 5.41) is 0. The average molecular weight is 298 g/mol. The van der Waals surface area contributed by atoms with Crippen LogP contribution in [-0.2, 0) is 22.6 Å². The van der Waals surface area contributed by atoms with Crippen LogP contribution in [0.2, 0.25) is 0 Å². The number of benzene rings is 2. The molecule has 0 amide bonds. The van der Waals surface area contributed by atoms with Crippen LogP contribution in [0.4, 0.5) is 5.69 Å². The van der Waals surface area contributed by atoms with E-state index in [2.05, 4.69) is 17.0 Å². The van der Waals surface area contributed by atoms with Crippen molar-refractivity contribution in [2.24, 2.45) is 0 Å². The number of hydrogen-bond acceptors (Lipinski definition) is 4. The SMILES string of the molecule is CCOC(=O)CN(Cc1ccccc1)Cc1ccc(N)cc1. The van der Waals surface area contributed by atoms with Crippen LogP contribution in [-0.4, -0.2) is 24.0 Å². The number of nitrogens with two attached hydrogens (primary N) is 1. The van der Waals surface area contributed by atoms with Crippen molar-refractivity contribution in [2.75, 3.05) is 18.9 Å². The van der Waals surface area contributed by atoms with Crippen LogP contribution >= 0.6 is 0 Å². The van der Waals surface area contributed by atoms with E-state index in [1.54, 1.807) is 0 Å². The van der Waals surface area contributed by atoms with Gasteiger partial charge in [0.25, 0.3) is 0 Å². The monoisotopic (exact) mass is 298 g/mol. The minimum absolute atomic E-state index is 0.200. The highest BCUT2D eigenvalue weighted by Gasteiger charge is 2.12. The highest BCUT2D eigenvalue weighted by atomic mass is 16.5. The molecule has 4 nitrogen and oxygen atoms in total. The summed E-state index contributed by atoms with van der Waals surface area (Å²) in [5.41, 5.74) is 8.74. The molecule has 0 aliphatic heterocycles. The lowest BCUT2D eigenvalue weighted by atomic mass is 10.1. The largest absolute Gasteiger partial charge is 0.465 e. The van der Waals surface area contributed by atoms with E-state index in [4.69, 9.17) is 10.5 Å². The van der Waals surface area contributed by atoms with E-state index in [0.29, 0.717) is 19.7 Å². The number of nitrogens with zero attached hydrogens (tertiary/aromatic N) is 1. The van der Waals surface area contributed by atoms with Gasteiger partial charge in [0, 0.05) is 18.8 Å². The van der Waals surface area contributed by atoms with Gasteiger partial charge in [0.1, 0.15) is 0 Å². The van der Waals surface area contributed by atoms with Gasteiger partial charge in [-0.15, -0.1) is 0 Å². The van der Waals surface area contributed by atoms with E-state index >= 15 is 0 Å². The van der Waals surface area contributed by atoms with E-state index < -0.39 is 0 Å². The van der Waals surface area contributed by atoms with Crippen LogP contribution < -0.4 is 5.73 Å². The quantitative estimate of drug-likeness (QED) is 0.631. The van der Waals surface area contributed by atoms with E-state index in [-0.39, 0.29) is 12.5 Å². The molecule has 2 aromatic rings. The Labute approximate surface area is 131 Å². The summed E-state index contributed by atoms with van der Waals surface area (Å²) in [7, 11) is 0. The maximum atomic E-state index is 11.8. The maximum absolute atomic E-state index is 11.8. The number of nitrogen functional groups attached to an aromatic ring is 1. The average Bonchev–Trinajstić information content (AvgIpc) is 2.51. The zero-order valence-electron chi connectivity index (χ0n) is 12.9. The maximum Gasteiger partial charge on any atom is 0.320 e. The van der Waals surface area contributed by atoms with Gasteiger partial charge in [0.05, 0.1) is 13.2 Å². The Morgan fingerprint density at radius 3 is 2.18 bits per heavy atom. The fraction of sp³-hybridized carbons (Fsp3) is 0.278. The number of anilines is 1. The van der Waals surface area contributed by atoms with Gasteiger partial charge in [-0.05, 0) is 30.2 Å². The molecule has 0 spiro atoms. The Balaban J connectivity index is 2.06. The first kappa shape index (κ1) is 16.0. The van der Waals surface area contributed by atoms with Gasteiger partial charge < -0.3 is 10.5 Å². The van der Waals surface area contributed by atoms with Crippen molar-refractivity contribution in [1.29, 1.82) is 0 Å². The standard InChI is InChI=1S/C18H22N2O2/c1-2-22-18(21)14-20(12-15-6-4-3-5-7-15)13-16-8-10-17(19)11-9-16/h3-11H,2,12-14,19H2,1H3. The molecule has 2 N–H and O–H groups in total. The molecule has 0 saturated heterocycles. The van der Waals surface area contributed by atoms with Crippen molar-refractivity contribution in [1.82, 2.24) is 4.90 Å². The molecule has 0 unspecified atom stereocenters. The van der Waals surface area contributed by atoms with Crippen molar-refractivity contribution in [2.45, 2.75) is 20.0 Å². The zero-order chi connectivity index (χ0) is 15.8. The summed E-state index contributed by atoms with van der Waals surface area (Å²) in [6.07, 6.45) is 0. The van der Waals surface area contributed by atoms with Crippen LogP contribution in [0.3, 0.4) is 0 Å². The van der Waals surface area contributed by atoms with Crippen molar-refractivity contribution in [3.63, 3.8) is 0 Å². The smallest absolute Gasteiger partial charge is 0.320 e. The number of rotatable bonds is 7. The van der Waals surface area contributed by atoms with Gasteiger partial charge in [0.15, 0.2) is 0 Å². The minimum atomic E-state index is -0.200. The molecule has 0 aliphatic rings. The highest BCUT2D eigenvalue weighted by molar-refractivity contribution is 5.71. The van der Waals surface area contributed by atoms with Crippen LogP contribution in [0.5, 0.6) is 0 Å². The highest BCUT2D eigenvalue weighted by Crippen LogP contribution is 2.12. The Morgan fingerprint density at radius 1 is 1.00 bits per heavy atom. The first-order valence-corrected chi connectivity index (χ1v) is 7.43. The van der Waals surface area contributed by atoms with Crippen LogP contribution in [0.15, 0.2) is 54.6 Å². The molecule has 0 saturated carbocycles. The molecule has 0 bridgehead atoms. The third kappa shape index (κ3) is 5.22. The molecule has 0 radical (unpaired) electrons. The van der Waals surface area contributed by atoms with Crippen molar-refractivity contribution in [3.8, 4) is 0 Å². The van der Waals surface area contributed by atoms with Crippen molar-refractivity contribution >= 4 is 11.7 Å². The lowest BCUT2D eigenvalue weighted by Gasteiger charge is -2.21. The first-order chi connectivity index (χ1) is 10.7. The first-order valence-electron chi connectivity index (χ1n) is 7.43. The fourth-order valence-electron chi connectivity index (χ4n) is 2.28. The van der Waals surface area contributed by atoms with E-state index in [1.165, 1.54) is 5.56 Å². The molecule has 0 aromatic heterocycles. The third-order valence-electron chi connectivity index (χ3n) is 3.29. The molecular weight excluding hydrogens is 276 g/mol. The minimum Gasteiger partial charge on any atom is -0.465 e. The van der Waals surface area contributed by atoms with Gasteiger partial charge in [0.2, 0.25) is 0 Å². The number of hydrogen-bond donors (Lipinski definition) is 1. The summed E-state index contributed by atoms with van der Waals surface area (Å²) < 4.78 is 5.07. The Morgan fingerprint density at radius 2 is 1.59 bits per heavy atom. The molecule has 2 rings (SSSR count). The number of carbonyl (C=O) groups excluding carboxylic acids is 1. The number of carbonyl (C=O) groups is 1. The van der Waals surface area contributed by atoms with Gasteiger partial charge in [-0.2, -0.15) is 0 Å². The lowest BCUT2D eigenvalue weighted by Crippen LogP contribution is -2.30. The lowest BCUT2D eigenvalue weighted by molar-refractivity contribution is -0.144. The van der Waals surface area contributed by atoms with Crippen molar-refractivity contribution in [3.05, 3.63) is 65.7 Å². The molecule has 2 aromatic carbocycles. The second kappa shape index (κ2) is 8.20. The zero-order valence-corrected chi connectivity index (χ0v) is 12.9. The van der Waals surface area contributed by atoms with Crippen LogP contribution in [0, 0.1) is 0 Å². The van der Waals surface area contributed by atoms with Gasteiger partial charge in [-0.25, -0.2) is 0 Å². The van der Waals surface area contributed by atoms with Crippen LogP contribution in [0.1, 0.15) is 18.1 Å². The second-order valence-corrected chi connectivity index (χ2v) is 5.18. The predicted molar refractivity (Wildman–Crippen MR) is 88.0 cm³/mol. The molecule has 0 aliphatic carbocycles. The van der Waals surface area contributed by atoms with Gasteiger partial charge in [-0.1, -0.05) is 42.5 Å². The van der Waals surface area contributed by atoms with E-state index in [9.17, 15) is 4.79 Å². The van der Waals surface area contributed by atoms with E-state index in [1.807, 2.05) is 49.4 Å². The number of esters is 1. The second-order valence-electron chi connectivity index (χ2n) is 5.18. The molecule has 116 valence electrons. The summed E-state index contributed by atoms with van der Waals surface area (Å²) in [5.74, 6) is -0.200. The predicted octanol–water partition coefficient (Wildman–Crippen LogP) is 2.83. The summed E-state index contributed by atoms with van der Waals surface area (Å²) in [4.78, 5) is 13.9. The van der Waals surface area contributed by atoms with Crippen molar-refractivity contribution < 1.29 is 9.53 Å². The molecule has 0 heterocycles.